The number of pyridine rings is 1. The van der Waals surface area contributed by atoms with Gasteiger partial charge in [0.1, 0.15) is 0 Å². The molecule has 2 rings (SSSR count). The van der Waals surface area contributed by atoms with Gasteiger partial charge in [-0.05, 0) is 36.8 Å². The largest absolute Gasteiger partial charge is 0.399 e. The van der Waals surface area contributed by atoms with Crippen LogP contribution in [0.15, 0.2) is 42.6 Å². The fourth-order valence-corrected chi connectivity index (χ4v) is 1.85. The molecule has 0 bridgehead atoms. The Morgan fingerprint density at radius 2 is 2.16 bits per heavy atom. The first-order chi connectivity index (χ1) is 9.08. The lowest BCUT2D eigenvalue weighted by atomic mass is 10.00. The van der Waals surface area contributed by atoms with Gasteiger partial charge < -0.3 is 11.1 Å². The summed E-state index contributed by atoms with van der Waals surface area (Å²) in [5, 5.41) is 3.12. The Kier molecular flexibility index (Phi) is 4.02. The van der Waals surface area contributed by atoms with Crippen molar-refractivity contribution in [1.29, 1.82) is 0 Å². The van der Waals surface area contributed by atoms with Gasteiger partial charge in [-0.25, -0.2) is 4.98 Å². The standard InChI is InChI=1S/C14H14ClN3O/c1-9(10-4-2-5-11(16)8-10)14(19)18-13-12(15)6-3-7-17-13/h2-9H,16H2,1H3,(H,17,18,19). The van der Waals surface area contributed by atoms with Crippen molar-refractivity contribution in [3.05, 3.63) is 53.2 Å². The number of nitrogens with zero attached hydrogens (tertiary/aromatic N) is 1. The van der Waals surface area contributed by atoms with Gasteiger partial charge in [-0.1, -0.05) is 23.7 Å². The van der Waals surface area contributed by atoms with Crippen molar-refractivity contribution in [3.8, 4) is 0 Å². The fourth-order valence-electron chi connectivity index (χ4n) is 1.68. The molecule has 0 radical (unpaired) electrons. The molecule has 0 aliphatic rings. The van der Waals surface area contributed by atoms with Crippen molar-refractivity contribution >= 4 is 29.0 Å². The van der Waals surface area contributed by atoms with Gasteiger partial charge >= 0.3 is 0 Å². The minimum absolute atomic E-state index is 0.175. The van der Waals surface area contributed by atoms with Crippen LogP contribution >= 0.6 is 11.6 Å². The van der Waals surface area contributed by atoms with E-state index in [2.05, 4.69) is 10.3 Å². The van der Waals surface area contributed by atoms with E-state index < -0.39 is 0 Å². The van der Waals surface area contributed by atoms with E-state index in [1.54, 1.807) is 37.4 Å². The quantitative estimate of drug-likeness (QED) is 0.846. The Labute approximate surface area is 116 Å². The number of nitrogen functional groups attached to an aromatic ring is 1. The summed E-state index contributed by atoms with van der Waals surface area (Å²) in [6.07, 6.45) is 1.58. The van der Waals surface area contributed by atoms with E-state index in [4.69, 9.17) is 17.3 Å². The number of carbonyl (C=O) groups excluding carboxylic acids is 1. The van der Waals surface area contributed by atoms with E-state index in [1.165, 1.54) is 0 Å². The summed E-state index contributed by atoms with van der Waals surface area (Å²) < 4.78 is 0. The first-order valence-corrected chi connectivity index (χ1v) is 6.22. The number of rotatable bonds is 3. The van der Waals surface area contributed by atoms with Gasteiger partial charge in [0, 0.05) is 11.9 Å². The molecule has 0 spiro atoms. The maximum absolute atomic E-state index is 12.1. The maximum atomic E-state index is 12.1. The smallest absolute Gasteiger partial charge is 0.232 e. The molecular formula is C14H14ClN3O. The third-order valence-corrected chi connectivity index (χ3v) is 3.11. The summed E-state index contributed by atoms with van der Waals surface area (Å²) >= 11 is 5.95. The zero-order valence-corrected chi connectivity index (χ0v) is 11.2. The number of carbonyl (C=O) groups is 1. The summed E-state index contributed by atoms with van der Waals surface area (Å²) in [7, 11) is 0. The van der Waals surface area contributed by atoms with Gasteiger partial charge in [0.25, 0.3) is 0 Å². The van der Waals surface area contributed by atoms with Crippen LogP contribution in [0.25, 0.3) is 0 Å². The highest BCUT2D eigenvalue weighted by Crippen LogP contribution is 2.22. The van der Waals surface area contributed by atoms with Crippen LogP contribution in [0.4, 0.5) is 11.5 Å². The highest BCUT2D eigenvalue weighted by molar-refractivity contribution is 6.33. The van der Waals surface area contributed by atoms with Crippen molar-refractivity contribution in [2.75, 3.05) is 11.1 Å². The molecule has 1 aromatic carbocycles. The third-order valence-electron chi connectivity index (χ3n) is 2.80. The SMILES string of the molecule is CC(C(=O)Nc1ncccc1Cl)c1cccc(N)c1. The maximum Gasteiger partial charge on any atom is 0.232 e. The van der Waals surface area contributed by atoms with E-state index in [0.717, 1.165) is 5.56 Å². The number of hydrogen-bond acceptors (Lipinski definition) is 3. The molecule has 1 aromatic heterocycles. The average molecular weight is 276 g/mol. The molecule has 1 atom stereocenters. The van der Waals surface area contributed by atoms with Gasteiger partial charge in [0.05, 0.1) is 10.9 Å². The van der Waals surface area contributed by atoms with E-state index in [9.17, 15) is 4.79 Å². The molecule has 98 valence electrons. The number of hydrogen-bond donors (Lipinski definition) is 2. The van der Waals surface area contributed by atoms with Gasteiger partial charge in [0.15, 0.2) is 5.82 Å². The Morgan fingerprint density at radius 1 is 1.37 bits per heavy atom. The van der Waals surface area contributed by atoms with Crippen molar-refractivity contribution in [2.45, 2.75) is 12.8 Å². The molecule has 5 heteroatoms. The Morgan fingerprint density at radius 3 is 2.84 bits per heavy atom. The minimum atomic E-state index is -0.332. The minimum Gasteiger partial charge on any atom is -0.399 e. The fraction of sp³-hybridized carbons (Fsp3) is 0.143. The van der Waals surface area contributed by atoms with E-state index in [1.807, 2.05) is 12.1 Å². The third kappa shape index (κ3) is 3.23. The van der Waals surface area contributed by atoms with Crippen LogP contribution in [0.3, 0.4) is 0 Å². The summed E-state index contributed by atoms with van der Waals surface area (Å²) in [5.41, 5.74) is 7.19. The molecule has 0 aliphatic carbocycles. The molecule has 0 saturated carbocycles. The number of nitrogens with two attached hydrogens (primary N) is 1. The van der Waals surface area contributed by atoms with Crippen LogP contribution < -0.4 is 11.1 Å². The number of halogens is 1. The molecule has 0 saturated heterocycles. The topological polar surface area (TPSA) is 68.0 Å². The van der Waals surface area contributed by atoms with Crippen LogP contribution in [0.5, 0.6) is 0 Å². The van der Waals surface area contributed by atoms with Crippen LogP contribution in [0, 0.1) is 0 Å². The number of benzene rings is 1. The molecule has 1 amide bonds. The second-order valence-corrected chi connectivity index (χ2v) is 4.62. The first kappa shape index (κ1) is 13.4. The highest BCUT2D eigenvalue weighted by atomic mass is 35.5. The van der Waals surface area contributed by atoms with Crippen LogP contribution in [0.2, 0.25) is 5.02 Å². The monoisotopic (exact) mass is 275 g/mol. The lowest BCUT2D eigenvalue weighted by Gasteiger charge is -2.13. The van der Waals surface area contributed by atoms with Crippen LogP contribution in [-0.2, 0) is 4.79 Å². The van der Waals surface area contributed by atoms with Crippen molar-refractivity contribution in [3.63, 3.8) is 0 Å². The van der Waals surface area contributed by atoms with Gasteiger partial charge in [-0.2, -0.15) is 0 Å². The lowest BCUT2D eigenvalue weighted by Crippen LogP contribution is -2.19. The zero-order chi connectivity index (χ0) is 13.8. The number of amides is 1. The predicted molar refractivity (Wildman–Crippen MR) is 77.1 cm³/mol. The van der Waals surface area contributed by atoms with Crippen molar-refractivity contribution in [2.24, 2.45) is 0 Å². The van der Waals surface area contributed by atoms with E-state index >= 15 is 0 Å². The molecule has 3 N–H and O–H groups in total. The molecule has 0 fully saturated rings. The second kappa shape index (κ2) is 5.71. The molecule has 4 nitrogen and oxygen atoms in total. The molecule has 19 heavy (non-hydrogen) atoms. The molecule has 2 aromatic rings. The second-order valence-electron chi connectivity index (χ2n) is 4.21. The Hall–Kier alpha value is -2.07. The normalized spacial score (nSPS) is 11.9. The van der Waals surface area contributed by atoms with Gasteiger partial charge in [-0.15, -0.1) is 0 Å². The number of anilines is 2. The highest BCUT2D eigenvalue weighted by Gasteiger charge is 2.16. The summed E-state index contributed by atoms with van der Waals surface area (Å²) in [4.78, 5) is 16.1. The van der Waals surface area contributed by atoms with E-state index in [0.29, 0.717) is 16.5 Å². The number of nitrogens with one attached hydrogen (secondary N) is 1. The van der Waals surface area contributed by atoms with E-state index in [-0.39, 0.29) is 11.8 Å². The first-order valence-electron chi connectivity index (χ1n) is 5.84. The molecule has 0 aliphatic heterocycles. The predicted octanol–water partition coefficient (Wildman–Crippen LogP) is 3.06. The Balaban J connectivity index is 2.14. The van der Waals surface area contributed by atoms with Gasteiger partial charge in [0.2, 0.25) is 5.91 Å². The Bertz CT molecular complexity index is 601. The van der Waals surface area contributed by atoms with Gasteiger partial charge in [-0.3, -0.25) is 4.79 Å². The summed E-state index contributed by atoms with van der Waals surface area (Å²) in [5.74, 6) is -0.141. The average Bonchev–Trinajstić information content (AvgIpc) is 2.40. The lowest BCUT2D eigenvalue weighted by molar-refractivity contribution is -0.117. The molecule has 1 unspecified atom stereocenters. The summed E-state index contributed by atoms with van der Waals surface area (Å²) in [6, 6.07) is 10.6. The van der Waals surface area contributed by atoms with Crippen molar-refractivity contribution in [1.82, 2.24) is 4.98 Å². The van der Waals surface area contributed by atoms with Crippen LogP contribution in [-0.4, -0.2) is 10.9 Å². The molecular weight excluding hydrogens is 262 g/mol. The van der Waals surface area contributed by atoms with Crippen molar-refractivity contribution < 1.29 is 4.79 Å². The molecule has 1 heterocycles. The zero-order valence-electron chi connectivity index (χ0n) is 10.4. The number of aromatic nitrogens is 1. The van der Waals surface area contributed by atoms with Crippen LogP contribution in [0.1, 0.15) is 18.4 Å². The summed E-state index contributed by atoms with van der Waals surface area (Å²) in [6.45, 7) is 1.81.